The van der Waals surface area contributed by atoms with Crippen molar-refractivity contribution in [3.05, 3.63) is 75.2 Å². The molecule has 0 amide bonds. The molecule has 10 heteroatoms. The smallest absolute Gasteiger partial charge is 0.419 e. The van der Waals surface area contributed by atoms with Crippen LogP contribution in [0.25, 0.3) is 16.7 Å². The molecule has 7 nitrogen and oxygen atoms in total. The van der Waals surface area contributed by atoms with E-state index in [0.717, 1.165) is 22.9 Å². The summed E-state index contributed by atoms with van der Waals surface area (Å²) in [5.74, 6) is -0.110. The average Bonchev–Trinajstić information content (AvgIpc) is 2.99. The number of aromatic nitrogens is 5. The first-order valence-electron chi connectivity index (χ1n) is 8.93. The Balaban J connectivity index is 1.64. The number of aromatic amines is 1. The topological polar surface area (TPSA) is 96.7 Å². The summed E-state index contributed by atoms with van der Waals surface area (Å²) in [7, 11) is 0. The van der Waals surface area contributed by atoms with Crippen LogP contribution in [0.4, 0.5) is 13.2 Å². The molecule has 0 aliphatic rings. The molecule has 154 valence electrons. The predicted molar refractivity (Wildman–Crippen MR) is 103 cm³/mol. The number of benzene rings is 1. The van der Waals surface area contributed by atoms with E-state index in [0.29, 0.717) is 11.9 Å². The molecule has 0 aliphatic heterocycles. The molecule has 0 aliphatic carbocycles. The van der Waals surface area contributed by atoms with Crippen molar-refractivity contribution in [2.75, 3.05) is 0 Å². The molecule has 0 unspecified atom stereocenters. The van der Waals surface area contributed by atoms with E-state index < -0.39 is 23.0 Å². The Morgan fingerprint density at radius 2 is 1.97 bits per heavy atom. The molecule has 3 aromatic heterocycles. The molecule has 0 fully saturated rings. The minimum absolute atomic E-state index is 0.0219. The van der Waals surface area contributed by atoms with E-state index in [9.17, 15) is 23.1 Å². The number of nitrogens with zero attached hydrogens (tertiary/aromatic N) is 4. The normalized spacial score (nSPS) is 11.9. The van der Waals surface area contributed by atoms with Crippen molar-refractivity contribution in [3.63, 3.8) is 0 Å². The van der Waals surface area contributed by atoms with Gasteiger partial charge in [0, 0.05) is 24.9 Å². The molecule has 0 saturated carbocycles. The Morgan fingerprint density at radius 1 is 1.20 bits per heavy atom. The monoisotopic (exact) mass is 415 g/mol. The van der Waals surface area contributed by atoms with E-state index in [1.165, 1.54) is 0 Å². The Bertz CT molecular complexity index is 1290. The van der Waals surface area contributed by atoms with E-state index in [1.807, 2.05) is 20.0 Å². The number of phenols is 1. The first-order valence-corrected chi connectivity index (χ1v) is 8.93. The van der Waals surface area contributed by atoms with Crippen LogP contribution >= 0.6 is 0 Å². The predicted octanol–water partition coefficient (Wildman–Crippen LogP) is 3.44. The lowest BCUT2D eigenvalue weighted by Gasteiger charge is -2.10. The van der Waals surface area contributed by atoms with Crippen molar-refractivity contribution in [1.82, 2.24) is 24.7 Å². The lowest BCUT2D eigenvalue weighted by Crippen LogP contribution is -2.14. The Kier molecular flexibility index (Phi) is 4.56. The maximum atomic E-state index is 12.9. The van der Waals surface area contributed by atoms with Crippen LogP contribution in [0.15, 0.2) is 41.5 Å². The largest absolute Gasteiger partial charge is 0.507 e. The highest BCUT2D eigenvalue weighted by Crippen LogP contribution is 2.37. The van der Waals surface area contributed by atoms with E-state index in [4.69, 9.17) is 0 Å². The third kappa shape index (κ3) is 3.63. The van der Waals surface area contributed by atoms with Gasteiger partial charge in [-0.25, -0.2) is 14.6 Å². The lowest BCUT2D eigenvalue weighted by atomic mass is 10.1. The van der Waals surface area contributed by atoms with Gasteiger partial charge < -0.3 is 10.1 Å². The second-order valence-electron chi connectivity index (χ2n) is 6.94. The van der Waals surface area contributed by atoms with E-state index in [1.54, 1.807) is 23.0 Å². The van der Waals surface area contributed by atoms with Crippen molar-refractivity contribution in [2.45, 2.75) is 26.4 Å². The number of hydrogen-bond donors (Lipinski definition) is 2. The second-order valence-corrected chi connectivity index (χ2v) is 6.94. The first-order chi connectivity index (χ1) is 14.1. The van der Waals surface area contributed by atoms with Gasteiger partial charge in [-0.15, -0.1) is 0 Å². The maximum absolute atomic E-state index is 12.9. The Labute approximate surface area is 167 Å². The van der Waals surface area contributed by atoms with Gasteiger partial charge in [0.25, 0.3) is 5.56 Å². The number of H-pyrrole nitrogens is 1. The first kappa shape index (κ1) is 19.6. The number of hydrogen-bond acceptors (Lipinski definition) is 5. The van der Waals surface area contributed by atoms with Crippen LogP contribution in [0, 0.1) is 13.8 Å². The summed E-state index contributed by atoms with van der Waals surface area (Å²) in [5.41, 5.74) is 0.655. The van der Waals surface area contributed by atoms with Gasteiger partial charge in [-0.05, 0) is 37.1 Å². The molecule has 0 saturated heterocycles. The van der Waals surface area contributed by atoms with Gasteiger partial charge in [0.05, 0.1) is 22.2 Å². The quantitative estimate of drug-likeness (QED) is 0.534. The zero-order valence-corrected chi connectivity index (χ0v) is 15.9. The van der Waals surface area contributed by atoms with Crippen LogP contribution in [0.1, 0.15) is 28.2 Å². The number of halogens is 3. The number of aromatic hydroxyl groups is 1. The number of fused-ring (bicyclic) bond motifs is 1. The van der Waals surface area contributed by atoms with Crippen LogP contribution in [-0.2, 0) is 12.6 Å². The maximum Gasteiger partial charge on any atom is 0.419 e. The number of phenolic OH excluding ortho intramolecular Hbond substituents is 1. The molecule has 0 spiro atoms. The highest BCUT2D eigenvalue weighted by Gasteiger charge is 2.34. The molecule has 2 N–H and O–H groups in total. The van der Waals surface area contributed by atoms with E-state index in [-0.39, 0.29) is 23.1 Å². The summed E-state index contributed by atoms with van der Waals surface area (Å²) < 4.78 is 40.5. The SMILES string of the molecule is Cc1cn(-c2ccc(Cc3nc4cc(O)c(C(F)(F)F)cc4c(=O)[nH]3)cn2)nc1C. The summed E-state index contributed by atoms with van der Waals surface area (Å²) in [4.78, 5) is 23.3. The van der Waals surface area contributed by atoms with Crippen LogP contribution in [0.5, 0.6) is 5.75 Å². The van der Waals surface area contributed by atoms with E-state index >= 15 is 0 Å². The standard InChI is InChI=1S/C20H16F3N5O2/c1-10-9-28(27-11(10)2)18-4-3-12(8-24-18)5-17-25-15-7-16(29)14(20(21,22)23)6-13(15)19(30)26-17/h3-4,6-9,29H,5H2,1-2H3,(H,25,26,30). The van der Waals surface area contributed by atoms with Crippen molar-refractivity contribution in [3.8, 4) is 11.6 Å². The third-order valence-corrected chi connectivity index (χ3v) is 4.74. The average molecular weight is 415 g/mol. The summed E-state index contributed by atoms with van der Waals surface area (Å²) in [6.45, 7) is 3.85. The second kappa shape index (κ2) is 6.97. The van der Waals surface area contributed by atoms with Gasteiger partial charge in [0.15, 0.2) is 5.82 Å². The molecule has 30 heavy (non-hydrogen) atoms. The summed E-state index contributed by atoms with van der Waals surface area (Å²) in [6, 6.07) is 5.01. The summed E-state index contributed by atoms with van der Waals surface area (Å²) in [6.07, 6.45) is -1.10. The van der Waals surface area contributed by atoms with Crippen molar-refractivity contribution in [1.29, 1.82) is 0 Å². The molecule has 4 rings (SSSR count). The molecule has 3 heterocycles. The fourth-order valence-electron chi connectivity index (χ4n) is 3.05. The molecular weight excluding hydrogens is 399 g/mol. The van der Waals surface area contributed by atoms with Crippen molar-refractivity contribution in [2.24, 2.45) is 0 Å². The molecule has 1 aromatic carbocycles. The number of pyridine rings is 1. The van der Waals surface area contributed by atoms with Crippen LogP contribution in [0.3, 0.4) is 0 Å². The fraction of sp³-hybridized carbons (Fsp3) is 0.200. The van der Waals surface area contributed by atoms with Gasteiger partial charge in [0.1, 0.15) is 11.6 Å². The molecule has 0 atom stereocenters. The van der Waals surface area contributed by atoms with Gasteiger partial charge in [-0.1, -0.05) is 6.07 Å². The molecule has 0 radical (unpaired) electrons. The van der Waals surface area contributed by atoms with E-state index in [2.05, 4.69) is 20.1 Å². The van der Waals surface area contributed by atoms with Gasteiger partial charge in [0.2, 0.25) is 0 Å². The summed E-state index contributed by atoms with van der Waals surface area (Å²) >= 11 is 0. The van der Waals surface area contributed by atoms with Crippen LogP contribution in [-0.4, -0.2) is 29.8 Å². The molecule has 4 aromatic rings. The zero-order valence-electron chi connectivity index (χ0n) is 15.9. The van der Waals surface area contributed by atoms with Crippen molar-refractivity contribution < 1.29 is 18.3 Å². The lowest BCUT2D eigenvalue weighted by molar-refractivity contribution is -0.138. The van der Waals surface area contributed by atoms with Gasteiger partial charge in [-0.2, -0.15) is 18.3 Å². The minimum Gasteiger partial charge on any atom is -0.507 e. The number of nitrogens with one attached hydrogen (secondary N) is 1. The number of alkyl halides is 3. The Morgan fingerprint density at radius 3 is 2.57 bits per heavy atom. The van der Waals surface area contributed by atoms with Crippen LogP contribution < -0.4 is 5.56 Å². The fourth-order valence-corrected chi connectivity index (χ4v) is 3.05. The Hall–Kier alpha value is -3.69. The third-order valence-electron chi connectivity index (χ3n) is 4.74. The zero-order chi connectivity index (χ0) is 21.6. The molecule has 0 bridgehead atoms. The highest BCUT2D eigenvalue weighted by atomic mass is 19.4. The van der Waals surface area contributed by atoms with Crippen molar-refractivity contribution >= 4 is 10.9 Å². The number of rotatable bonds is 3. The highest BCUT2D eigenvalue weighted by molar-refractivity contribution is 5.80. The summed E-state index contributed by atoms with van der Waals surface area (Å²) in [5, 5.41) is 13.8. The van der Waals surface area contributed by atoms with Crippen LogP contribution in [0.2, 0.25) is 0 Å². The molecular formula is C20H16F3N5O2. The van der Waals surface area contributed by atoms with Gasteiger partial charge >= 0.3 is 6.18 Å². The number of aryl methyl sites for hydroxylation is 2. The van der Waals surface area contributed by atoms with Gasteiger partial charge in [-0.3, -0.25) is 4.79 Å². The minimum atomic E-state index is -4.78.